The first kappa shape index (κ1) is 21.0. The average molecular weight is 379 g/mol. The van der Waals surface area contributed by atoms with E-state index in [-0.39, 0.29) is 18.6 Å². The molecule has 1 N–H and O–H groups in total. The van der Waals surface area contributed by atoms with E-state index in [9.17, 15) is 18.0 Å². The van der Waals surface area contributed by atoms with Crippen LogP contribution >= 0.6 is 0 Å². The van der Waals surface area contributed by atoms with Crippen LogP contribution in [0.5, 0.6) is 0 Å². The van der Waals surface area contributed by atoms with E-state index in [1.54, 1.807) is 6.07 Å². The minimum Gasteiger partial charge on any atom is -0.464 e. The maximum atomic E-state index is 12.7. The van der Waals surface area contributed by atoms with E-state index in [1.807, 2.05) is 37.3 Å². The van der Waals surface area contributed by atoms with E-state index in [0.717, 1.165) is 11.6 Å². The molecule has 0 fully saturated rings. The highest BCUT2D eigenvalue weighted by Gasteiger charge is 2.30. The molecule has 146 valence electrons. The van der Waals surface area contributed by atoms with Crippen LogP contribution in [0.3, 0.4) is 0 Å². The van der Waals surface area contributed by atoms with Gasteiger partial charge in [-0.15, -0.1) is 0 Å². The molecule has 2 aromatic rings. The highest BCUT2D eigenvalue weighted by molar-refractivity contribution is 5.69. The van der Waals surface area contributed by atoms with Gasteiger partial charge in [-0.25, -0.2) is 0 Å². The van der Waals surface area contributed by atoms with Crippen molar-refractivity contribution in [3.63, 3.8) is 0 Å². The fourth-order valence-electron chi connectivity index (χ4n) is 2.73. The molecule has 0 saturated heterocycles. The lowest BCUT2D eigenvalue weighted by Gasteiger charge is -2.15. The number of halogens is 3. The molecular weight excluding hydrogens is 355 g/mol. The summed E-state index contributed by atoms with van der Waals surface area (Å²) in [5, 5.41) is 3.16. The molecule has 0 spiro atoms. The third-order valence-corrected chi connectivity index (χ3v) is 4.11. The Labute approximate surface area is 157 Å². The van der Waals surface area contributed by atoms with Crippen molar-refractivity contribution in [2.75, 3.05) is 13.2 Å². The zero-order chi connectivity index (χ0) is 19.7. The molecule has 0 bridgehead atoms. The van der Waals surface area contributed by atoms with E-state index in [0.29, 0.717) is 31.4 Å². The molecule has 6 heteroatoms. The van der Waals surface area contributed by atoms with Crippen LogP contribution in [0.1, 0.15) is 30.0 Å². The van der Waals surface area contributed by atoms with Crippen molar-refractivity contribution in [3.05, 3.63) is 71.3 Å². The van der Waals surface area contributed by atoms with Crippen molar-refractivity contribution in [1.82, 2.24) is 5.32 Å². The maximum Gasteiger partial charge on any atom is 0.416 e. The Balaban J connectivity index is 1.64. The minimum absolute atomic E-state index is 0.0310. The standard InChI is InChI=1S/C21H24F3NO2/c1-16(14-18-8-5-9-19(15-18)21(22,23)24)25-12-13-27-20(26)11-10-17-6-3-2-4-7-17/h2-9,15-16,25H,10-14H2,1H3. The molecule has 0 aliphatic heterocycles. The zero-order valence-corrected chi connectivity index (χ0v) is 15.3. The summed E-state index contributed by atoms with van der Waals surface area (Å²) in [7, 11) is 0. The lowest BCUT2D eigenvalue weighted by atomic mass is 10.0. The van der Waals surface area contributed by atoms with Crippen molar-refractivity contribution in [1.29, 1.82) is 0 Å². The molecule has 27 heavy (non-hydrogen) atoms. The monoisotopic (exact) mass is 379 g/mol. The molecule has 0 saturated carbocycles. The molecule has 0 aliphatic carbocycles. The summed E-state index contributed by atoms with van der Waals surface area (Å²) in [5.74, 6) is -0.258. The van der Waals surface area contributed by atoms with Crippen molar-refractivity contribution in [2.24, 2.45) is 0 Å². The van der Waals surface area contributed by atoms with Gasteiger partial charge in [0, 0.05) is 19.0 Å². The van der Waals surface area contributed by atoms with Crippen molar-refractivity contribution < 1.29 is 22.7 Å². The van der Waals surface area contributed by atoms with Crippen LogP contribution in [0.15, 0.2) is 54.6 Å². The molecule has 1 unspecified atom stereocenters. The first-order chi connectivity index (χ1) is 12.8. The second kappa shape index (κ2) is 10.1. The van der Waals surface area contributed by atoms with E-state index in [4.69, 9.17) is 4.74 Å². The number of rotatable bonds is 9. The van der Waals surface area contributed by atoms with Crippen molar-refractivity contribution >= 4 is 5.97 Å². The van der Waals surface area contributed by atoms with Crippen LogP contribution in [0.25, 0.3) is 0 Å². The Bertz CT molecular complexity index is 717. The van der Waals surface area contributed by atoms with Gasteiger partial charge in [0.2, 0.25) is 0 Å². The summed E-state index contributed by atoms with van der Waals surface area (Å²) in [6.45, 7) is 2.58. The molecule has 0 radical (unpaired) electrons. The third kappa shape index (κ3) is 7.83. The Kier molecular flexibility index (Phi) is 7.85. The van der Waals surface area contributed by atoms with Gasteiger partial charge >= 0.3 is 12.1 Å². The third-order valence-electron chi connectivity index (χ3n) is 4.11. The largest absolute Gasteiger partial charge is 0.464 e. The van der Waals surface area contributed by atoms with E-state index in [2.05, 4.69) is 5.32 Å². The molecule has 2 rings (SSSR count). The van der Waals surface area contributed by atoms with Gasteiger partial charge in [-0.3, -0.25) is 4.79 Å². The molecule has 3 nitrogen and oxygen atoms in total. The number of hydrogen-bond donors (Lipinski definition) is 1. The lowest BCUT2D eigenvalue weighted by Crippen LogP contribution is -2.31. The van der Waals surface area contributed by atoms with Crippen LogP contribution < -0.4 is 5.32 Å². The topological polar surface area (TPSA) is 38.3 Å². The predicted molar refractivity (Wildman–Crippen MR) is 98.3 cm³/mol. The minimum atomic E-state index is -4.33. The van der Waals surface area contributed by atoms with Crippen LogP contribution in [0.4, 0.5) is 13.2 Å². The van der Waals surface area contributed by atoms with Gasteiger partial charge in [-0.2, -0.15) is 13.2 Å². The van der Waals surface area contributed by atoms with Gasteiger partial charge in [0.1, 0.15) is 6.61 Å². The summed E-state index contributed by atoms with van der Waals surface area (Å²) < 4.78 is 43.4. The first-order valence-electron chi connectivity index (χ1n) is 8.93. The predicted octanol–water partition coefficient (Wildman–Crippen LogP) is 4.40. The molecule has 0 heterocycles. The smallest absolute Gasteiger partial charge is 0.416 e. The van der Waals surface area contributed by atoms with Gasteiger partial charge < -0.3 is 10.1 Å². The summed E-state index contributed by atoms with van der Waals surface area (Å²) >= 11 is 0. The molecule has 0 amide bonds. The average Bonchev–Trinajstić information content (AvgIpc) is 2.64. The first-order valence-corrected chi connectivity index (χ1v) is 8.93. The van der Waals surface area contributed by atoms with Crippen LogP contribution in [0.2, 0.25) is 0 Å². The summed E-state index contributed by atoms with van der Waals surface area (Å²) in [4.78, 5) is 11.7. The molecule has 0 aliphatic rings. The number of hydrogen-bond acceptors (Lipinski definition) is 3. The second-order valence-electron chi connectivity index (χ2n) is 6.46. The number of ether oxygens (including phenoxy) is 1. The molecule has 2 aromatic carbocycles. The van der Waals surface area contributed by atoms with Crippen LogP contribution in [-0.4, -0.2) is 25.2 Å². The highest BCUT2D eigenvalue weighted by Crippen LogP contribution is 2.29. The van der Waals surface area contributed by atoms with Crippen molar-refractivity contribution in [3.8, 4) is 0 Å². The number of aryl methyl sites for hydroxylation is 1. The molecule has 1 atom stereocenters. The molecular formula is C21H24F3NO2. The quantitative estimate of drug-likeness (QED) is 0.518. The summed E-state index contributed by atoms with van der Waals surface area (Å²) in [6, 6.07) is 15.0. The van der Waals surface area contributed by atoms with Crippen molar-refractivity contribution in [2.45, 2.75) is 38.4 Å². The number of benzene rings is 2. The Hall–Kier alpha value is -2.34. The van der Waals surface area contributed by atoms with Gasteiger partial charge in [-0.1, -0.05) is 48.5 Å². The highest BCUT2D eigenvalue weighted by atomic mass is 19.4. The number of nitrogens with one attached hydrogen (secondary N) is 1. The second-order valence-corrected chi connectivity index (χ2v) is 6.46. The van der Waals surface area contributed by atoms with E-state index < -0.39 is 11.7 Å². The lowest BCUT2D eigenvalue weighted by molar-refractivity contribution is -0.143. The number of carbonyl (C=O) groups is 1. The summed E-state index contributed by atoms with van der Waals surface area (Å²) in [6.07, 6.45) is -2.91. The normalized spacial score (nSPS) is 12.6. The zero-order valence-electron chi connectivity index (χ0n) is 15.3. The Morgan fingerprint density at radius 1 is 1.07 bits per heavy atom. The van der Waals surface area contributed by atoms with Crippen LogP contribution in [-0.2, 0) is 28.5 Å². The SMILES string of the molecule is CC(Cc1cccc(C(F)(F)F)c1)NCCOC(=O)CCc1ccccc1. The number of carbonyl (C=O) groups excluding carboxylic acids is 1. The van der Waals surface area contributed by atoms with E-state index in [1.165, 1.54) is 12.1 Å². The van der Waals surface area contributed by atoms with E-state index >= 15 is 0 Å². The van der Waals surface area contributed by atoms with Gasteiger partial charge in [0.05, 0.1) is 5.56 Å². The van der Waals surface area contributed by atoms with Crippen LogP contribution in [0, 0.1) is 0 Å². The van der Waals surface area contributed by atoms with Gasteiger partial charge in [-0.05, 0) is 37.0 Å². The summed E-state index contributed by atoms with van der Waals surface area (Å²) in [5.41, 5.74) is 1.06. The maximum absolute atomic E-state index is 12.7. The fraction of sp³-hybridized carbons (Fsp3) is 0.381. The fourth-order valence-corrected chi connectivity index (χ4v) is 2.73. The van der Waals surface area contributed by atoms with Gasteiger partial charge in [0.15, 0.2) is 0 Å². The Morgan fingerprint density at radius 2 is 1.78 bits per heavy atom. The number of alkyl halides is 3. The molecule has 0 aromatic heterocycles. The Morgan fingerprint density at radius 3 is 2.48 bits per heavy atom. The number of esters is 1. The van der Waals surface area contributed by atoms with Gasteiger partial charge in [0.25, 0.3) is 0 Å².